The van der Waals surface area contributed by atoms with E-state index >= 15 is 0 Å². The van der Waals surface area contributed by atoms with Gasteiger partial charge >= 0.3 is 0 Å². The molecule has 1 aliphatic heterocycles. The highest BCUT2D eigenvalue weighted by Crippen LogP contribution is 2.24. The fourth-order valence-electron chi connectivity index (χ4n) is 3.06. The molecular formula is C17H20ClN3O2. The first-order valence-electron chi connectivity index (χ1n) is 7.91. The molecule has 2 heterocycles. The summed E-state index contributed by atoms with van der Waals surface area (Å²) in [6.45, 7) is 0.952. The molecule has 23 heavy (non-hydrogen) atoms. The molecule has 0 spiro atoms. The van der Waals surface area contributed by atoms with E-state index in [1.165, 1.54) is 0 Å². The Morgan fingerprint density at radius 1 is 1.35 bits per heavy atom. The second-order valence-electron chi connectivity index (χ2n) is 5.81. The quantitative estimate of drug-likeness (QED) is 0.915. The van der Waals surface area contributed by atoms with Crippen molar-refractivity contribution in [2.24, 2.45) is 0 Å². The molecule has 1 fully saturated rings. The first-order valence-corrected chi connectivity index (χ1v) is 8.29. The number of hydrogen-bond donors (Lipinski definition) is 1. The highest BCUT2D eigenvalue weighted by atomic mass is 35.5. The number of aromatic nitrogens is 2. The summed E-state index contributed by atoms with van der Waals surface area (Å²) in [6.07, 6.45) is 6.99. The van der Waals surface area contributed by atoms with Crippen molar-refractivity contribution in [3.8, 4) is 5.69 Å². The number of rotatable bonds is 5. The van der Waals surface area contributed by atoms with Crippen LogP contribution in [0.25, 0.3) is 5.69 Å². The fourth-order valence-corrected chi connectivity index (χ4v) is 3.19. The van der Waals surface area contributed by atoms with E-state index in [0.29, 0.717) is 10.6 Å². The van der Waals surface area contributed by atoms with Gasteiger partial charge < -0.3 is 10.0 Å². The van der Waals surface area contributed by atoms with E-state index in [9.17, 15) is 4.79 Å². The lowest BCUT2D eigenvalue weighted by atomic mass is 10.1. The Morgan fingerprint density at radius 2 is 2.13 bits per heavy atom. The minimum absolute atomic E-state index is 0.0191. The molecule has 1 aliphatic rings. The molecule has 1 saturated heterocycles. The third kappa shape index (κ3) is 3.57. The largest absolute Gasteiger partial charge is 0.396 e. The molecule has 1 aromatic heterocycles. The molecule has 1 aromatic carbocycles. The monoisotopic (exact) mass is 333 g/mol. The van der Waals surface area contributed by atoms with Crippen LogP contribution >= 0.6 is 11.6 Å². The van der Waals surface area contributed by atoms with Crippen molar-refractivity contribution in [3.05, 3.63) is 47.2 Å². The summed E-state index contributed by atoms with van der Waals surface area (Å²) in [5, 5.41) is 13.9. The van der Waals surface area contributed by atoms with E-state index in [2.05, 4.69) is 5.10 Å². The van der Waals surface area contributed by atoms with Gasteiger partial charge in [0.05, 0.1) is 17.4 Å². The van der Waals surface area contributed by atoms with Gasteiger partial charge in [-0.1, -0.05) is 11.6 Å². The summed E-state index contributed by atoms with van der Waals surface area (Å²) in [6, 6.07) is 7.55. The van der Waals surface area contributed by atoms with Crippen LogP contribution in [-0.2, 0) is 0 Å². The van der Waals surface area contributed by atoms with Gasteiger partial charge in [-0.25, -0.2) is 4.68 Å². The molecule has 0 aliphatic carbocycles. The Balaban J connectivity index is 1.74. The lowest BCUT2D eigenvalue weighted by molar-refractivity contribution is 0.0724. The van der Waals surface area contributed by atoms with Gasteiger partial charge in [-0.05, 0) is 49.9 Å². The van der Waals surface area contributed by atoms with Crippen LogP contribution in [0.5, 0.6) is 0 Å². The molecule has 2 aromatic rings. The zero-order valence-electron chi connectivity index (χ0n) is 12.9. The van der Waals surface area contributed by atoms with Crippen LogP contribution < -0.4 is 0 Å². The minimum atomic E-state index is 0.0191. The van der Waals surface area contributed by atoms with Gasteiger partial charge in [0.2, 0.25) is 0 Å². The number of carbonyl (C=O) groups is 1. The Morgan fingerprint density at radius 3 is 2.87 bits per heavy atom. The Kier molecular flexibility index (Phi) is 4.98. The molecule has 1 unspecified atom stereocenters. The zero-order valence-corrected chi connectivity index (χ0v) is 13.6. The normalized spacial score (nSPS) is 17.7. The van der Waals surface area contributed by atoms with Crippen molar-refractivity contribution < 1.29 is 9.90 Å². The third-order valence-corrected chi connectivity index (χ3v) is 4.51. The fraction of sp³-hybridized carbons (Fsp3) is 0.412. The number of halogens is 1. The predicted octanol–water partition coefficient (Wildman–Crippen LogP) is 2.90. The smallest absolute Gasteiger partial charge is 0.257 e. The number of aliphatic hydroxyl groups is 1. The second-order valence-corrected chi connectivity index (χ2v) is 6.25. The van der Waals surface area contributed by atoms with Crippen molar-refractivity contribution in [3.63, 3.8) is 0 Å². The van der Waals surface area contributed by atoms with Crippen molar-refractivity contribution in [1.82, 2.24) is 14.7 Å². The summed E-state index contributed by atoms with van der Waals surface area (Å²) in [7, 11) is 0. The molecule has 0 bridgehead atoms. The third-order valence-electron chi connectivity index (χ3n) is 4.25. The van der Waals surface area contributed by atoms with Crippen molar-refractivity contribution in [2.75, 3.05) is 13.2 Å². The van der Waals surface area contributed by atoms with Crippen molar-refractivity contribution in [2.45, 2.75) is 31.7 Å². The molecule has 6 heteroatoms. The number of hydrogen-bond acceptors (Lipinski definition) is 3. The topological polar surface area (TPSA) is 58.4 Å². The average molecular weight is 334 g/mol. The number of aliphatic hydroxyl groups excluding tert-OH is 1. The molecule has 1 atom stereocenters. The van der Waals surface area contributed by atoms with Gasteiger partial charge in [0.1, 0.15) is 0 Å². The minimum Gasteiger partial charge on any atom is -0.396 e. The van der Waals surface area contributed by atoms with Crippen molar-refractivity contribution >= 4 is 17.5 Å². The van der Waals surface area contributed by atoms with Crippen LogP contribution in [0.4, 0.5) is 0 Å². The van der Waals surface area contributed by atoms with E-state index in [1.807, 2.05) is 17.0 Å². The van der Waals surface area contributed by atoms with Gasteiger partial charge in [-0.3, -0.25) is 4.79 Å². The molecule has 0 radical (unpaired) electrons. The second kappa shape index (κ2) is 7.15. The van der Waals surface area contributed by atoms with E-state index in [4.69, 9.17) is 16.7 Å². The van der Waals surface area contributed by atoms with Crippen molar-refractivity contribution in [1.29, 1.82) is 0 Å². The highest BCUT2D eigenvalue weighted by Gasteiger charge is 2.29. The van der Waals surface area contributed by atoms with Crippen LogP contribution in [0.3, 0.4) is 0 Å². The first kappa shape index (κ1) is 16.0. The van der Waals surface area contributed by atoms with E-state index < -0.39 is 0 Å². The van der Waals surface area contributed by atoms with E-state index in [1.54, 1.807) is 29.2 Å². The van der Waals surface area contributed by atoms with Crippen LogP contribution in [-0.4, -0.2) is 44.9 Å². The number of amides is 1. The number of likely N-dealkylation sites (tertiary alicyclic amines) is 1. The summed E-state index contributed by atoms with van der Waals surface area (Å²) >= 11 is 5.89. The molecule has 3 rings (SSSR count). The number of nitrogens with zero attached hydrogens (tertiary/aromatic N) is 3. The standard InChI is InChI=1S/C17H20ClN3O2/c18-14-5-7-16(8-6-14)21-12-13(11-19-21)17(23)20-9-1-3-15(20)4-2-10-22/h5-8,11-12,15,22H,1-4,9-10H2. The molecular weight excluding hydrogens is 314 g/mol. The van der Waals surface area contributed by atoms with Gasteiger partial charge in [0, 0.05) is 30.4 Å². The maximum atomic E-state index is 12.7. The summed E-state index contributed by atoms with van der Waals surface area (Å²) in [5.41, 5.74) is 1.46. The van der Waals surface area contributed by atoms with E-state index in [-0.39, 0.29) is 18.6 Å². The maximum absolute atomic E-state index is 12.7. The first-order chi connectivity index (χ1) is 11.2. The number of benzene rings is 1. The predicted molar refractivity (Wildman–Crippen MR) is 89.0 cm³/mol. The Labute approximate surface area is 140 Å². The molecule has 0 saturated carbocycles. The van der Waals surface area contributed by atoms with Crippen LogP contribution in [0.2, 0.25) is 5.02 Å². The lowest BCUT2D eigenvalue weighted by Gasteiger charge is -2.24. The summed E-state index contributed by atoms with van der Waals surface area (Å²) in [4.78, 5) is 14.6. The molecule has 1 N–H and O–H groups in total. The summed E-state index contributed by atoms with van der Waals surface area (Å²) < 4.78 is 1.68. The van der Waals surface area contributed by atoms with Gasteiger partial charge in [-0.2, -0.15) is 5.10 Å². The van der Waals surface area contributed by atoms with Crippen LogP contribution in [0.1, 0.15) is 36.0 Å². The summed E-state index contributed by atoms with van der Waals surface area (Å²) in [5.74, 6) is 0.0191. The van der Waals surface area contributed by atoms with Crippen LogP contribution in [0.15, 0.2) is 36.7 Å². The number of carbonyl (C=O) groups excluding carboxylic acids is 1. The lowest BCUT2D eigenvalue weighted by Crippen LogP contribution is -2.35. The zero-order chi connectivity index (χ0) is 16.2. The molecule has 122 valence electrons. The maximum Gasteiger partial charge on any atom is 0.257 e. The molecule has 5 nitrogen and oxygen atoms in total. The van der Waals surface area contributed by atoms with Crippen LogP contribution in [0, 0.1) is 0 Å². The average Bonchev–Trinajstić information content (AvgIpc) is 3.22. The van der Waals surface area contributed by atoms with Gasteiger partial charge in [0.25, 0.3) is 5.91 Å². The highest BCUT2D eigenvalue weighted by molar-refractivity contribution is 6.30. The van der Waals surface area contributed by atoms with Gasteiger partial charge in [-0.15, -0.1) is 0 Å². The molecule has 1 amide bonds. The van der Waals surface area contributed by atoms with E-state index in [0.717, 1.165) is 37.9 Å². The Hall–Kier alpha value is -1.85. The SMILES string of the molecule is O=C(c1cnn(-c2ccc(Cl)cc2)c1)N1CCCC1CCCO. The Bertz CT molecular complexity index is 669. The van der Waals surface area contributed by atoms with Gasteiger partial charge in [0.15, 0.2) is 0 Å².